The molecule has 2 fully saturated rings. The van der Waals surface area contributed by atoms with Crippen molar-refractivity contribution in [3.05, 3.63) is 0 Å². The van der Waals surface area contributed by atoms with E-state index in [9.17, 15) is 4.79 Å². The molecule has 3 N–H and O–H groups in total. The molecule has 124 valence electrons. The fourth-order valence-electron chi connectivity index (χ4n) is 4.04. The molecule has 0 aliphatic heterocycles. The summed E-state index contributed by atoms with van der Waals surface area (Å²) in [6.45, 7) is 6.71. The van der Waals surface area contributed by atoms with Crippen molar-refractivity contribution in [2.24, 2.45) is 11.1 Å². The molecule has 2 saturated carbocycles. The summed E-state index contributed by atoms with van der Waals surface area (Å²) in [6, 6.07) is 0.258. The number of carbonyl (C=O) groups is 1. The van der Waals surface area contributed by atoms with Crippen LogP contribution >= 0.6 is 12.4 Å². The maximum absolute atomic E-state index is 12.4. The van der Waals surface area contributed by atoms with E-state index < -0.39 is 5.54 Å². The van der Waals surface area contributed by atoms with Gasteiger partial charge in [-0.1, -0.05) is 26.2 Å². The van der Waals surface area contributed by atoms with Gasteiger partial charge in [0.05, 0.1) is 11.6 Å². The predicted molar refractivity (Wildman–Crippen MR) is 87.6 cm³/mol. The van der Waals surface area contributed by atoms with Crippen LogP contribution in [0.3, 0.4) is 0 Å². The van der Waals surface area contributed by atoms with E-state index in [0.717, 1.165) is 25.9 Å². The fourth-order valence-corrected chi connectivity index (χ4v) is 4.04. The summed E-state index contributed by atoms with van der Waals surface area (Å²) in [7, 11) is 0. The molecule has 2 aliphatic rings. The second kappa shape index (κ2) is 7.30. The summed E-state index contributed by atoms with van der Waals surface area (Å²) in [4.78, 5) is 12.4. The maximum atomic E-state index is 12.4. The van der Waals surface area contributed by atoms with Crippen LogP contribution in [0.4, 0.5) is 0 Å². The van der Waals surface area contributed by atoms with Crippen LogP contribution in [-0.2, 0) is 9.53 Å². The highest BCUT2D eigenvalue weighted by Crippen LogP contribution is 2.54. The van der Waals surface area contributed by atoms with Gasteiger partial charge in [-0.15, -0.1) is 12.4 Å². The molecular weight excluding hydrogens is 288 g/mol. The van der Waals surface area contributed by atoms with E-state index in [1.807, 2.05) is 13.8 Å². The fraction of sp³-hybridized carbons (Fsp3) is 0.938. The highest BCUT2D eigenvalue weighted by Gasteiger charge is 2.57. The Kier molecular flexibility index (Phi) is 6.51. The third kappa shape index (κ3) is 3.54. The molecule has 2 aliphatic carbocycles. The largest absolute Gasteiger partial charge is 0.378 e. The number of carbonyl (C=O) groups excluding carboxylic acids is 1. The molecular formula is C16H31ClN2O2. The number of nitrogens with one attached hydrogen (secondary N) is 1. The van der Waals surface area contributed by atoms with Crippen LogP contribution in [0.5, 0.6) is 0 Å². The van der Waals surface area contributed by atoms with Crippen LogP contribution in [0.15, 0.2) is 0 Å². The second-order valence-electron chi connectivity index (χ2n) is 6.81. The van der Waals surface area contributed by atoms with E-state index in [1.54, 1.807) is 0 Å². The lowest BCUT2D eigenvalue weighted by Gasteiger charge is -2.54. The highest BCUT2D eigenvalue weighted by molar-refractivity contribution is 5.86. The van der Waals surface area contributed by atoms with Crippen molar-refractivity contribution in [1.82, 2.24) is 5.32 Å². The lowest BCUT2D eigenvalue weighted by Crippen LogP contribution is -2.66. The van der Waals surface area contributed by atoms with Gasteiger partial charge in [0.15, 0.2) is 0 Å². The van der Waals surface area contributed by atoms with Gasteiger partial charge in [0.25, 0.3) is 0 Å². The Hall–Kier alpha value is -0.320. The maximum Gasteiger partial charge on any atom is 0.240 e. The van der Waals surface area contributed by atoms with Gasteiger partial charge in [-0.2, -0.15) is 0 Å². The third-order valence-corrected chi connectivity index (χ3v) is 5.28. The smallest absolute Gasteiger partial charge is 0.240 e. The van der Waals surface area contributed by atoms with E-state index in [4.69, 9.17) is 10.5 Å². The first-order chi connectivity index (χ1) is 9.46. The minimum Gasteiger partial charge on any atom is -0.378 e. The van der Waals surface area contributed by atoms with Gasteiger partial charge in [-0.25, -0.2) is 0 Å². The summed E-state index contributed by atoms with van der Waals surface area (Å²) >= 11 is 0. The molecule has 0 aromatic carbocycles. The lowest BCUT2D eigenvalue weighted by molar-refractivity contribution is -0.147. The number of amides is 1. The minimum absolute atomic E-state index is 0. The van der Waals surface area contributed by atoms with Gasteiger partial charge >= 0.3 is 0 Å². The molecule has 3 atom stereocenters. The highest BCUT2D eigenvalue weighted by atomic mass is 35.5. The van der Waals surface area contributed by atoms with Gasteiger partial charge in [-0.3, -0.25) is 4.79 Å². The first-order valence-corrected chi connectivity index (χ1v) is 8.17. The van der Waals surface area contributed by atoms with E-state index in [2.05, 4.69) is 12.2 Å². The molecule has 0 heterocycles. The van der Waals surface area contributed by atoms with Crippen molar-refractivity contribution in [3.63, 3.8) is 0 Å². The van der Waals surface area contributed by atoms with E-state index in [1.165, 1.54) is 25.7 Å². The van der Waals surface area contributed by atoms with Crippen LogP contribution in [0.1, 0.15) is 65.7 Å². The van der Waals surface area contributed by atoms with E-state index in [0.29, 0.717) is 6.10 Å². The molecule has 0 saturated heterocycles. The number of hydrogen-bond acceptors (Lipinski definition) is 3. The van der Waals surface area contributed by atoms with Crippen LogP contribution in [0.25, 0.3) is 0 Å². The predicted octanol–water partition coefficient (Wildman–Crippen LogP) is 2.78. The molecule has 4 nitrogen and oxygen atoms in total. The first-order valence-electron chi connectivity index (χ1n) is 8.17. The van der Waals surface area contributed by atoms with Gasteiger partial charge in [-0.05, 0) is 39.5 Å². The summed E-state index contributed by atoms with van der Waals surface area (Å²) in [5, 5.41) is 3.22. The molecule has 21 heavy (non-hydrogen) atoms. The van der Waals surface area contributed by atoms with Crippen molar-refractivity contribution >= 4 is 18.3 Å². The molecule has 3 unspecified atom stereocenters. The van der Waals surface area contributed by atoms with Crippen molar-refractivity contribution in [2.45, 2.75) is 83.4 Å². The summed E-state index contributed by atoms with van der Waals surface area (Å²) < 4.78 is 5.88. The Bertz CT molecular complexity index is 354. The van der Waals surface area contributed by atoms with E-state index >= 15 is 0 Å². The average Bonchev–Trinajstić information content (AvgIpc) is 2.89. The Morgan fingerprint density at radius 2 is 2.00 bits per heavy atom. The Labute approximate surface area is 135 Å². The number of hydrogen-bond donors (Lipinski definition) is 2. The normalized spacial score (nSPS) is 29.3. The number of nitrogens with two attached hydrogens (primary N) is 1. The molecule has 1 spiro atoms. The van der Waals surface area contributed by atoms with Gasteiger partial charge in [0, 0.05) is 18.1 Å². The standard InChI is InChI=1S/C16H30N2O2.ClH/c1-4-8-15(3,17)14(19)18-12-11-13(20-5-2)16(12)9-6-7-10-16;/h12-13H,4-11,17H2,1-3H3,(H,18,19);1H. The Morgan fingerprint density at radius 1 is 1.38 bits per heavy atom. The van der Waals surface area contributed by atoms with Gasteiger partial charge < -0.3 is 15.8 Å². The minimum atomic E-state index is -0.745. The van der Waals surface area contributed by atoms with Gasteiger partial charge in [0.1, 0.15) is 0 Å². The zero-order valence-corrected chi connectivity index (χ0v) is 14.4. The Morgan fingerprint density at radius 3 is 2.52 bits per heavy atom. The molecule has 0 aromatic heterocycles. The average molecular weight is 319 g/mol. The topological polar surface area (TPSA) is 64.4 Å². The van der Waals surface area contributed by atoms with Crippen LogP contribution in [-0.4, -0.2) is 30.2 Å². The number of rotatable bonds is 6. The quantitative estimate of drug-likeness (QED) is 0.791. The zero-order chi connectivity index (χ0) is 14.8. The second-order valence-corrected chi connectivity index (χ2v) is 6.81. The molecule has 0 aromatic rings. The van der Waals surface area contributed by atoms with E-state index in [-0.39, 0.29) is 29.8 Å². The first kappa shape index (κ1) is 18.7. The third-order valence-electron chi connectivity index (χ3n) is 5.28. The Balaban J connectivity index is 0.00000220. The monoisotopic (exact) mass is 318 g/mol. The van der Waals surface area contributed by atoms with Crippen molar-refractivity contribution in [2.75, 3.05) is 6.61 Å². The molecule has 0 bridgehead atoms. The van der Waals surface area contributed by atoms with Crippen LogP contribution in [0.2, 0.25) is 0 Å². The summed E-state index contributed by atoms with van der Waals surface area (Å²) in [5.74, 6) is 0.00516. The van der Waals surface area contributed by atoms with Crippen LogP contribution in [0, 0.1) is 5.41 Å². The van der Waals surface area contributed by atoms with Crippen molar-refractivity contribution in [3.8, 4) is 0 Å². The number of ether oxygens (including phenoxy) is 1. The number of halogens is 1. The molecule has 0 radical (unpaired) electrons. The lowest BCUT2D eigenvalue weighted by atomic mass is 9.60. The SMILES string of the molecule is CCCC(C)(N)C(=O)NC1CC(OCC)C12CCCC2.Cl. The van der Waals surface area contributed by atoms with Crippen molar-refractivity contribution in [1.29, 1.82) is 0 Å². The molecule has 5 heteroatoms. The van der Waals surface area contributed by atoms with Gasteiger partial charge in [0.2, 0.25) is 5.91 Å². The van der Waals surface area contributed by atoms with Crippen LogP contribution < -0.4 is 11.1 Å². The summed E-state index contributed by atoms with van der Waals surface area (Å²) in [5.41, 5.74) is 5.58. The van der Waals surface area contributed by atoms with Crippen molar-refractivity contribution < 1.29 is 9.53 Å². The zero-order valence-electron chi connectivity index (χ0n) is 13.6. The molecule has 2 rings (SSSR count). The molecule has 1 amide bonds. The summed E-state index contributed by atoms with van der Waals surface area (Å²) in [6.07, 6.45) is 7.80.